The van der Waals surface area contributed by atoms with Gasteiger partial charge in [-0.2, -0.15) is 0 Å². The van der Waals surface area contributed by atoms with Crippen LogP contribution in [0.4, 0.5) is 0 Å². The lowest BCUT2D eigenvalue weighted by atomic mass is 10.0. The van der Waals surface area contributed by atoms with Gasteiger partial charge in [-0.15, -0.1) is 0 Å². The second-order valence-electron chi connectivity index (χ2n) is 4.07. The second kappa shape index (κ2) is 7.17. The Hall–Kier alpha value is -1.35. The van der Waals surface area contributed by atoms with Gasteiger partial charge in [-0.25, -0.2) is 0 Å². The third kappa shape index (κ3) is 4.49. The van der Waals surface area contributed by atoms with Crippen molar-refractivity contribution in [1.29, 1.82) is 0 Å². The summed E-state index contributed by atoms with van der Waals surface area (Å²) < 4.78 is 4.79. The number of ketones is 1. The van der Waals surface area contributed by atoms with Gasteiger partial charge in [0.05, 0.1) is 11.6 Å². The molecule has 1 rings (SSSR count). The lowest BCUT2D eigenvalue weighted by Gasteiger charge is -2.04. The van der Waals surface area contributed by atoms with E-state index in [1.165, 1.54) is 0 Å². The summed E-state index contributed by atoms with van der Waals surface area (Å²) in [5, 5.41) is 0.469. The van der Waals surface area contributed by atoms with Gasteiger partial charge in [-0.1, -0.05) is 17.7 Å². The summed E-state index contributed by atoms with van der Waals surface area (Å²) in [7, 11) is 0. The highest BCUT2D eigenvalue weighted by Crippen LogP contribution is 2.20. The van der Waals surface area contributed by atoms with Gasteiger partial charge in [0, 0.05) is 18.4 Å². The van der Waals surface area contributed by atoms with Crippen molar-refractivity contribution in [2.24, 2.45) is 0 Å². The SMILES string of the molecule is CCOC(=O)CCCC(=O)c1ccc(C)cc1Cl. The predicted molar refractivity (Wildman–Crippen MR) is 71.0 cm³/mol. The number of ether oxygens (including phenoxy) is 1. The van der Waals surface area contributed by atoms with Gasteiger partial charge in [0.25, 0.3) is 0 Å². The van der Waals surface area contributed by atoms with Gasteiger partial charge < -0.3 is 4.74 Å². The zero-order chi connectivity index (χ0) is 13.5. The van der Waals surface area contributed by atoms with Gasteiger partial charge in [0.15, 0.2) is 5.78 Å². The van der Waals surface area contributed by atoms with E-state index in [0.717, 1.165) is 5.56 Å². The lowest BCUT2D eigenvalue weighted by Crippen LogP contribution is -2.06. The van der Waals surface area contributed by atoms with Crippen LogP contribution in [-0.2, 0) is 9.53 Å². The largest absolute Gasteiger partial charge is 0.466 e. The maximum atomic E-state index is 11.9. The predicted octanol–water partition coefficient (Wildman–Crippen LogP) is 3.56. The Balaban J connectivity index is 2.48. The molecule has 18 heavy (non-hydrogen) atoms. The van der Waals surface area contributed by atoms with E-state index < -0.39 is 0 Å². The Morgan fingerprint density at radius 1 is 1.28 bits per heavy atom. The summed E-state index contributed by atoms with van der Waals surface area (Å²) in [6, 6.07) is 5.34. The highest BCUT2D eigenvalue weighted by molar-refractivity contribution is 6.34. The van der Waals surface area contributed by atoms with Crippen molar-refractivity contribution in [3.05, 3.63) is 34.3 Å². The lowest BCUT2D eigenvalue weighted by molar-refractivity contribution is -0.143. The van der Waals surface area contributed by atoms with Crippen LogP contribution in [0.15, 0.2) is 18.2 Å². The van der Waals surface area contributed by atoms with E-state index in [2.05, 4.69) is 0 Å². The first kappa shape index (κ1) is 14.7. The molecule has 1 aromatic carbocycles. The van der Waals surface area contributed by atoms with E-state index in [1.807, 2.05) is 13.0 Å². The number of hydrogen-bond donors (Lipinski definition) is 0. The van der Waals surface area contributed by atoms with Crippen molar-refractivity contribution in [2.75, 3.05) is 6.61 Å². The summed E-state index contributed by atoms with van der Waals surface area (Å²) in [5.41, 5.74) is 1.54. The van der Waals surface area contributed by atoms with E-state index in [1.54, 1.807) is 19.1 Å². The van der Waals surface area contributed by atoms with Crippen molar-refractivity contribution in [2.45, 2.75) is 33.1 Å². The van der Waals surface area contributed by atoms with E-state index >= 15 is 0 Å². The van der Waals surface area contributed by atoms with Gasteiger partial charge in [0.2, 0.25) is 0 Å². The number of carbonyl (C=O) groups excluding carboxylic acids is 2. The molecule has 0 amide bonds. The maximum Gasteiger partial charge on any atom is 0.305 e. The number of benzene rings is 1. The Morgan fingerprint density at radius 2 is 2.00 bits per heavy atom. The summed E-state index contributed by atoms with van der Waals surface area (Å²) in [4.78, 5) is 23.0. The van der Waals surface area contributed by atoms with Crippen LogP contribution in [0.1, 0.15) is 42.1 Å². The molecule has 0 saturated heterocycles. The van der Waals surface area contributed by atoms with Gasteiger partial charge in [-0.3, -0.25) is 9.59 Å². The summed E-state index contributed by atoms with van der Waals surface area (Å²) >= 11 is 6.00. The van der Waals surface area contributed by atoms with Gasteiger partial charge in [0.1, 0.15) is 0 Å². The molecular weight excluding hydrogens is 252 g/mol. The molecule has 0 aromatic heterocycles. The van der Waals surface area contributed by atoms with Crippen LogP contribution in [0.2, 0.25) is 5.02 Å². The molecule has 0 atom stereocenters. The molecular formula is C14H17ClO3. The van der Waals surface area contributed by atoms with Crippen LogP contribution in [-0.4, -0.2) is 18.4 Å². The molecule has 3 nitrogen and oxygen atoms in total. The number of carbonyl (C=O) groups is 2. The standard InChI is InChI=1S/C14H17ClO3/c1-3-18-14(17)6-4-5-13(16)11-8-7-10(2)9-12(11)15/h7-9H,3-6H2,1-2H3. The first-order valence-corrected chi connectivity index (χ1v) is 6.37. The molecule has 0 spiro atoms. The Kier molecular flexibility index (Phi) is 5.86. The highest BCUT2D eigenvalue weighted by Gasteiger charge is 2.11. The monoisotopic (exact) mass is 268 g/mol. The Labute approximate surface area is 112 Å². The molecule has 0 aliphatic carbocycles. The molecule has 0 N–H and O–H groups in total. The minimum absolute atomic E-state index is 0.0377. The molecule has 0 radical (unpaired) electrons. The van der Waals surface area contributed by atoms with Crippen LogP contribution in [0.3, 0.4) is 0 Å². The van der Waals surface area contributed by atoms with Crippen molar-refractivity contribution in [3.63, 3.8) is 0 Å². The van der Waals surface area contributed by atoms with E-state index in [-0.39, 0.29) is 18.2 Å². The topological polar surface area (TPSA) is 43.4 Å². The molecule has 0 saturated carbocycles. The van der Waals surface area contributed by atoms with Gasteiger partial charge in [-0.05, 0) is 38.0 Å². The molecule has 0 aliphatic rings. The van der Waals surface area contributed by atoms with E-state index in [4.69, 9.17) is 16.3 Å². The van der Waals surface area contributed by atoms with Gasteiger partial charge >= 0.3 is 5.97 Å². The molecule has 4 heteroatoms. The van der Waals surface area contributed by atoms with Crippen molar-refractivity contribution in [3.8, 4) is 0 Å². The Bertz CT molecular complexity index is 441. The summed E-state index contributed by atoms with van der Waals surface area (Å²) in [5.74, 6) is -0.301. The van der Waals surface area contributed by atoms with E-state index in [0.29, 0.717) is 30.0 Å². The average molecular weight is 269 g/mol. The molecule has 0 unspecified atom stereocenters. The zero-order valence-corrected chi connectivity index (χ0v) is 11.4. The highest BCUT2D eigenvalue weighted by atomic mass is 35.5. The minimum Gasteiger partial charge on any atom is -0.466 e. The number of esters is 1. The molecule has 0 heterocycles. The summed E-state index contributed by atoms with van der Waals surface area (Å²) in [6.07, 6.45) is 1.06. The van der Waals surface area contributed by atoms with Crippen LogP contribution in [0.25, 0.3) is 0 Å². The first-order chi connectivity index (χ1) is 8.54. The average Bonchev–Trinajstić information content (AvgIpc) is 2.29. The molecule has 98 valence electrons. The van der Waals surface area contributed by atoms with Crippen molar-refractivity contribution < 1.29 is 14.3 Å². The molecule has 0 fully saturated rings. The fourth-order valence-corrected chi connectivity index (χ4v) is 1.95. The summed E-state index contributed by atoms with van der Waals surface area (Å²) in [6.45, 7) is 4.05. The molecule has 0 bridgehead atoms. The van der Waals surface area contributed by atoms with Crippen LogP contribution >= 0.6 is 11.6 Å². The fraction of sp³-hybridized carbons (Fsp3) is 0.429. The van der Waals surface area contributed by atoms with Crippen molar-refractivity contribution in [1.82, 2.24) is 0 Å². The molecule has 0 aliphatic heterocycles. The van der Waals surface area contributed by atoms with Crippen LogP contribution in [0.5, 0.6) is 0 Å². The second-order valence-corrected chi connectivity index (χ2v) is 4.47. The quantitative estimate of drug-likeness (QED) is 0.585. The fourth-order valence-electron chi connectivity index (χ4n) is 1.61. The van der Waals surface area contributed by atoms with Crippen molar-refractivity contribution >= 4 is 23.4 Å². The van der Waals surface area contributed by atoms with Crippen LogP contribution < -0.4 is 0 Å². The maximum absolute atomic E-state index is 11.9. The molecule has 1 aromatic rings. The third-order valence-electron chi connectivity index (χ3n) is 2.52. The normalized spacial score (nSPS) is 10.2. The number of halogens is 1. The zero-order valence-electron chi connectivity index (χ0n) is 10.7. The smallest absolute Gasteiger partial charge is 0.305 e. The Morgan fingerprint density at radius 3 is 2.61 bits per heavy atom. The van der Waals surface area contributed by atoms with Crippen LogP contribution in [0, 0.1) is 6.92 Å². The third-order valence-corrected chi connectivity index (χ3v) is 2.83. The first-order valence-electron chi connectivity index (χ1n) is 5.99. The number of Topliss-reactive ketones (excluding diaryl/α,β-unsaturated/α-hetero) is 1. The number of hydrogen-bond acceptors (Lipinski definition) is 3. The minimum atomic E-state index is -0.264. The number of rotatable bonds is 6. The van der Waals surface area contributed by atoms with E-state index in [9.17, 15) is 9.59 Å². The number of aryl methyl sites for hydroxylation is 1.